The summed E-state index contributed by atoms with van der Waals surface area (Å²) in [7, 11) is 0. The standard InChI is InChI=1S/C27H32S/c1-3-4-5-6-9-14-22-21-25(28)19-20-26(22)27(2,23-15-10-7-11-16-23)24-17-12-8-13-18-24/h7-8,10-13,15-21,28H,3-6,9,14H2,1-2H3. The van der Waals surface area contributed by atoms with Gasteiger partial charge in [-0.05, 0) is 54.2 Å². The van der Waals surface area contributed by atoms with E-state index in [1.807, 2.05) is 0 Å². The molecule has 28 heavy (non-hydrogen) atoms. The molecule has 0 amide bonds. The number of thiol groups is 1. The van der Waals surface area contributed by atoms with Crippen LogP contribution < -0.4 is 0 Å². The van der Waals surface area contributed by atoms with Gasteiger partial charge in [0.25, 0.3) is 0 Å². The highest BCUT2D eigenvalue weighted by Crippen LogP contribution is 2.41. The van der Waals surface area contributed by atoms with Gasteiger partial charge in [-0.15, -0.1) is 12.6 Å². The summed E-state index contributed by atoms with van der Waals surface area (Å²) in [6.45, 7) is 4.64. The van der Waals surface area contributed by atoms with Crippen LogP contribution in [0.5, 0.6) is 0 Å². The predicted octanol–water partition coefficient (Wildman–Crippen LogP) is 7.84. The molecular weight excluding hydrogens is 356 g/mol. The Balaban J connectivity index is 2.03. The molecule has 0 saturated heterocycles. The van der Waals surface area contributed by atoms with Crippen molar-refractivity contribution in [3.8, 4) is 0 Å². The summed E-state index contributed by atoms with van der Waals surface area (Å²) in [5, 5.41) is 0. The topological polar surface area (TPSA) is 0 Å². The molecule has 0 atom stereocenters. The zero-order valence-electron chi connectivity index (χ0n) is 17.2. The van der Waals surface area contributed by atoms with Gasteiger partial charge in [-0.2, -0.15) is 0 Å². The van der Waals surface area contributed by atoms with Crippen molar-refractivity contribution in [2.45, 2.75) is 62.7 Å². The lowest BCUT2D eigenvalue weighted by molar-refractivity contribution is 0.621. The first-order valence-electron chi connectivity index (χ1n) is 10.6. The van der Waals surface area contributed by atoms with Gasteiger partial charge in [0.1, 0.15) is 0 Å². The molecule has 3 aromatic rings. The third-order valence-corrected chi connectivity index (χ3v) is 6.16. The van der Waals surface area contributed by atoms with E-state index in [2.05, 4.69) is 105 Å². The fourth-order valence-corrected chi connectivity index (χ4v) is 4.44. The van der Waals surface area contributed by atoms with E-state index in [1.165, 1.54) is 54.4 Å². The van der Waals surface area contributed by atoms with Crippen molar-refractivity contribution in [1.82, 2.24) is 0 Å². The van der Waals surface area contributed by atoms with Crippen LogP contribution in [0, 0.1) is 0 Å². The molecule has 0 aliphatic heterocycles. The van der Waals surface area contributed by atoms with Gasteiger partial charge in [0.15, 0.2) is 0 Å². The van der Waals surface area contributed by atoms with Crippen LogP contribution in [0.4, 0.5) is 0 Å². The Morgan fingerprint density at radius 3 is 1.86 bits per heavy atom. The van der Waals surface area contributed by atoms with Crippen LogP contribution in [0.15, 0.2) is 83.8 Å². The summed E-state index contributed by atoms with van der Waals surface area (Å²) in [6.07, 6.45) is 7.62. The lowest BCUT2D eigenvalue weighted by atomic mass is 9.69. The Morgan fingerprint density at radius 1 is 0.714 bits per heavy atom. The summed E-state index contributed by atoms with van der Waals surface area (Å²) in [5.41, 5.74) is 5.32. The largest absolute Gasteiger partial charge is 0.143 e. The normalized spacial score (nSPS) is 11.5. The van der Waals surface area contributed by atoms with Crippen LogP contribution in [-0.2, 0) is 11.8 Å². The van der Waals surface area contributed by atoms with E-state index in [9.17, 15) is 0 Å². The van der Waals surface area contributed by atoms with Gasteiger partial charge in [-0.25, -0.2) is 0 Å². The Labute approximate surface area is 176 Å². The molecule has 0 saturated carbocycles. The number of hydrogen-bond donors (Lipinski definition) is 1. The SMILES string of the molecule is CCCCCCCc1cc(S)ccc1C(C)(c1ccccc1)c1ccccc1. The second-order valence-electron chi connectivity index (χ2n) is 7.86. The molecule has 0 unspecified atom stereocenters. The second-order valence-corrected chi connectivity index (χ2v) is 8.38. The molecule has 0 aliphatic rings. The lowest BCUT2D eigenvalue weighted by Crippen LogP contribution is -2.27. The first-order valence-corrected chi connectivity index (χ1v) is 11.0. The summed E-state index contributed by atoms with van der Waals surface area (Å²) < 4.78 is 0. The minimum atomic E-state index is -0.178. The van der Waals surface area contributed by atoms with Crippen molar-refractivity contribution < 1.29 is 0 Å². The third-order valence-electron chi connectivity index (χ3n) is 5.88. The molecule has 0 bridgehead atoms. The van der Waals surface area contributed by atoms with E-state index in [4.69, 9.17) is 0 Å². The minimum Gasteiger partial charge on any atom is -0.143 e. The number of rotatable bonds is 9. The van der Waals surface area contributed by atoms with E-state index in [0.29, 0.717) is 0 Å². The zero-order chi connectivity index (χ0) is 19.8. The van der Waals surface area contributed by atoms with Crippen LogP contribution in [0.1, 0.15) is 68.2 Å². The van der Waals surface area contributed by atoms with Crippen molar-refractivity contribution in [3.05, 3.63) is 101 Å². The zero-order valence-corrected chi connectivity index (χ0v) is 18.1. The Hall–Kier alpha value is -1.99. The number of unbranched alkanes of at least 4 members (excludes halogenated alkanes) is 4. The van der Waals surface area contributed by atoms with Gasteiger partial charge in [-0.1, -0.05) is 99.3 Å². The Bertz CT molecular complexity index is 812. The van der Waals surface area contributed by atoms with E-state index in [1.54, 1.807) is 0 Å². The molecule has 3 rings (SSSR count). The monoisotopic (exact) mass is 388 g/mol. The van der Waals surface area contributed by atoms with Crippen molar-refractivity contribution in [1.29, 1.82) is 0 Å². The highest BCUT2D eigenvalue weighted by Gasteiger charge is 2.32. The fraction of sp³-hybridized carbons (Fsp3) is 0.333. The molecule has 0 heterocycles. The van der Waals surface area contributed by atoms with Crippen molar-refractivity contribution in [2.75, 3.05) is 0 Å². The first-order chi connectivity index (χ1) is 13.7. The summed E-state index contributed by atoms with van der Waals surface area (Å²) >= 11 is 4.65. The maximum atomic E-state index is 4.65. The third kappa shape index (κ3) is 4.70. The maximum absolute atomic E-state index is 4.65. The molecule has 1 heteroatoms. The average Bonchev–Trinajstić information content (AvgIpc) is 2.74. The van der Waals surface area contributed by atoms with Crippen molar-refractivity contribution in [3.63, 3.8) is 0 Å². The molecular formula is C27H32S. The first kappa shape index (κ1) is 20.7. The summed E-state index contributed by atoms with van der Waals surface area (Å²) in [4.78, 5) is 1.05. The van der Waals surface area contributed by atoms with E-state index < -0.39 is 0 Å². The molecule has 0 fully saturated rings. The number of benzene rings is 3. The van der Waals surface area contributed by atoms with E-state index in [0.717, 1.165) is 11.3 Å². The van der Waals surface area contributed by atoms with Gasteiger partial charge < -0.3 is 0 Å². The van der Waals surface area contributed by atoms with Crippen LogP contribution >= 0.6 is 12.6 Å². The van der Waals surface area contributed by atoms with Crippen LogP contribution in [0.25, 0.3) is 0 Å². The van der Waals surface area contributed by atoms with Crippen molar-refractivity contribution >= 4 is 12.6 Å². The molecule has 0 nitrogen and oxygen atoms in total. The quantitative estimate of drug-likeness (QED) is 0.215. The fourth-order valence-electron chi connectivity index (χ4n) is 4.21. The Morgan fingerprint density at radius 2 is 1.29 bits per heavy atom. The van der Waals surface area contributed by atoms with E-state index >= 15 is 0 Å². The lowest BCUT2D eigenvalue weighted by Gasteiger charge is -2.34. The number of hydrogen-bond acceptors (Lipinski definition) is 1. The highest BCUT2D eigenvalue weighted by molar-refractivity contribution is 7.80. The van der Waals surface area contributed by atoms with E-state index in [-0.39, 0.29) is 5.41 Å². The summed E-state index contributed by atoms with van der Waals surface area (Å²) in [6, 6.07) is 28.5. The highest BCUT2D eigenvalue weighted by atomic mass is 32.1. The van der Waals surface area contributed by atoms with Crippen LogP contribution in [-0.4, -0.2) is 0 Å². The second kappa shape index (κ2) is 9.98. The van der Waals surface area contributed by atoms with Gasteiger partial charge in [0.2, 0.25) is 0 Å². The molecule has 3 aromatic carbocycles. The molecule has 0 aliphatic carbocycles. The minimum absolute atomic E-state index is 0.178. The van der Waals surface area contributed by atoms with Crippen LogP contribution in [0.2, 0.25) is 0 Å². The predicted molar refractivity (Wildman–Crippen MR) is 125 cm³/mol. The van der Waals surface area contributed by atoms with Gasteiger partial charge in [-0.3, -0.25) is 0 Å². The van der Waals surface area contributed by atoms with Gasteiger partial charge in [0.05, 0.1) is 0 Å². The molecule has 0 N–H and O–H groups in total. The average molecular weight is 389 g/mol. The molecule has 0 radical (unpaired) electrons. The van der Waals surface area contributed by atoms with Gasteiger partial charge in [0, 0.05) is 10.3 Å². The molecule has 146 valence electrons. The summed E-state index contributed by atoms with van der Waals surface area (Å²) in [5.74, 6) is 0. The van der Waals surface area contributed by atoms with Crippen molar-refractivity contribution in [2.24, 2.45) is 0 Å². The maximum Gasteiger partial charge on any atom is 0.0425 e. The smallest absolute Gasteiger partial charge is 0.0425 e. The van der Waals surface area contributed by atoms with Crippen LogP contribution in [0.3, 0.4) is 0 Å². The number of aryl methyl sites for hydroxylation is 1. The Kier molecular flexibility index (Phi) is 7.39. The van der Waals surface area contributed by atoms with Gasteiger partial charge >= 0.3 is 0 Å². The molecule has 0 spiro atoms. The molecule has 0 aromatic heterocycles.